The number of piperazine rings is 1. The number of hydrogen-bond donors (Lipinski definition) is 2. The predicted molar refractivity (Wildman–Crippen MR) is 144 cm³/mol. The van der Waals surface area contributed by atoms with Gasteiger partial charge in [0.25, 0.3) is 0 Å². The Hall–Kier alpha value is -2.19. The summed E-state index contributed by atoms with van der Waals surface area (Å²) >= 11 is 0.941. The first-order valence-corrected chi connectivity index (χ1v) is 15.6. The van der Waals surface area contributed by atoms with Gasteiger partial charge < -0.3 is 16.0 Å². The van der Waals surface area contributed by atoms with Crippen molar-refractivity contribution in [2.45, 2.75) is 44.2 Å². The van der Waals surface area contributed by atoms with Gasteiger partial charge in [0.15, 0.2) is 5.13 Å². The zero-order chi connectivity index (χ0) is 26.9. The Labute approximate surface area is 226 Å². The van der Waals surface area contributed by atoms with Crippen molar-refractivity contribution in [1.29, 1.82) is 0 Å². The molecule has 1 atom stereocenters. The fourth-order valence-corrected chi connectivity index (χ4v) is 8.12. The predicted octanol–water partition coefficient (Wildman–Crippen LogP) is 2.61. The normalized spacial score (nSPS) is 22.0. The van der Waals surface area contributed by atoms with Gasteiger partial charge in [0.05, 0.1) is 11.3 Å². The molecule has 3 aliphatic rings. The first kappa shape index (κ1) is 27.4. The fourth-order valence-electron chi connectivity index (χ4n) is 5.70. The third-order valence-electron chi connectivity index (χ3n) is 7.77. The third-order valence-corrected chi connectivity index (χ3v) is 10.7. The number of rotatable bonds is 9. The van der Waals surface area contributed by atoms with Gasteiger partial charge in [-0.1, -0.05) is 17.4 Å². The molecule has 4 heterocycles. The summed E-state index contributed by atoms with van der Waals surface area (Å²) in [6.07, 6.45) is 4.29. The van der Waals surface area contributed by atoms with Crippen molar-refractivity contribution >= 4 is 38.1 Å². The molecular formula is C25H34F2N6O3S2. The van der Waals surface area contributed by atoms with Crippen LogP contribution in [0.2, 0.25) is 0 Å². The second kappa shape index (κ2) is 11.5. The second-order valence-corrected chi connectivity index (χ2v) is 13.4. The smallest absolute Gasteiger partial charge is 0.214 e. The largest absolute Gasteiger partial charge is 0.382 e. The lowest BCUT2D eigenvalue weighted by atomic mass is 10.1. The van der Waals surface area contributed by atoms with Crippen LogP contribution in [0.3, 0.4) is 0 Å². The molecule has 208 valence electrons. The summed E-state index contributed by atoms with van der Waals surface area (Å²) in [5.74, 6) is -2.71. The van der Waals surface area contributed by atoms with Gasteiger partial charge >= 0.3 is 0 Å². The highest BCUT2D eigenvalue weighted by molar-refractivity contribution is 7.89. The minimum atomic E-state index is -3.33. The maximum atomic E-state index is 14.1. The molecule has 0 spiro atoms. The quantitative estimate of drug-likeness (QED) is 0.444. The Morgan fingerprint density at radius 3 is 2.58 bits per heavy atom. The highest BCUT2D eigenvalue weighted by Crippen LogP contribution is 2.31. The number of sulfonamides is 1. The van der Waals surface area contributed by atoms with E-state index in [9.17, 15) is 22.0 Å². The van der Waals surface area contributed by atoms with Crippen LogP contribution in [0.1, 0.15) is 47.3 Å². The summed E-state index contributed by atoms with van der Waals surface area (Å²) < 4.78 is 55.6. The Morgan fingerprint density at radius 2 is 1.84 bits per heavy atom. The van der Waals surface area contributed by atoms with Crippen molar-refractivity contribution in [3.05, 3.63) is 40.3 Å². The zero-order valence-electron chi connectivity index (χ0n) is 21.2. The molecule has 0 aliphatic carbocycles. The molecule has 3 N–H and O–H groups in total. The Morgan fingerprint density at radius 1 is 1.11 bits per heavy atom. The summed E-state index contributed by atoms with van der Waals surface area (Å²) in [7, 11) is -3.33. The molecule has 0 bridgehead atoms. The van der Waals surface area contributed by atoms with Gasteiger partial charge in [0.2, 0.25) is 15.8 Å². The first-order chi connectivity index (χ1) is 18.2. The van der Waals surface area contributed by atoms with Gasteiger partial charge in [0, 0.05) is 44.8 Å². The van der Waals surface area contributed by atoms with Crippen LogP contribution in [0.4, 0.5) is 19.7 Å². The van der Waals surface area contributed by atoms with Crippen molar-refractivity contribution in [3.63, 3.8) is 0 Å². The molecule has 3 aliphatic heterocycles. The van der Waals surface area contributed by atoms with E-state index in [1.54, 1.807) is 4.31 Å². The Bertz CT molecular complexity index is 1250. The van der Waals surface area contributed by atoms with E-state index in [0.717, 1.165) is 49.6 Å². The molecule has 5 rings (SSSR count). The number of nitrogens with zero attached hydrogens (tertiary/aromatic N) is 4. The van der Waals surface area contributed by atoms with E-state index in [-0.39, 0.29) is 22.5 Å². The molecule has 38 heavy (non-hydrogen) atoms. The molecule has 1 aromatic heterocycles. The molecule has 1 unspecified atom stereocenters. The molecule has 9 nitrogen and oxygen atoms in total. The van der Waals surface area contributed by atoms with Gasteiger partial charge in [0.1, 0.15) is 22.3 Å². The van der Waals surface area contributed by atoms with Crippen LogP contribution in [0.25, 0.3) is 0 Å². The number of piperidine rings is 1. The van der Waals surface area contributed by atoms with E-state index >= 15 is 0 Å². The van der Waals surface area contributed by atoms with Crippen LogP contribution in [-0.2, 0) is 10.0 Å². The van der Waals surface area contributed by atoms with Crippen molar-refractivity contribution < 1.29 is 22.0 Å². The summed E-state index contributed by atoms with van der Waals surface area (Å²) in [4.78, 5) is 21.8. The maximum absolute atomic E-state index is 14.1. The minimum absolute atomic E-state index is 0.0362. The topological polar surface area (TPSA) is 112 Å². The number of thiazole rings is 1. The van der Waals surface area contributed by atoms with Crippen LogP contribution in [-0.4, -0.2) is 96.9 Å². The maximum Gasteiger partial charge on any atom is 0.214 e. The number of nitrogens with two attached hydrogens (primary N) is 1. The number of carbonyl (C=O) groups is 1. The van der Waals surface area contributed by atoms with E-state index in [2.05, 4.69) is 20.1 Å². The average molecular weight is 569 g/mol. The lowest BCUT2D eigenvalue weighted by molar-refractivity contribution is 0.103. The molecule has 13 heteroatoms. The van der Waals surface area contributed by atoms with E-state index in [1.165, 1.54) is 25.5 Å². The van der Waals surface area contributed by atoms with Crippen LogP contribution in [0.15, 0.2) is 18.2 Å². The molecule has 3 fully saturated rings. The van der Waals surface area contributed by atoms with E-state index < -0.39 is 33.0 Å². The number of anilines is 2. The molecule has 2 aromatic rings. The van der Waals surface area contributed by atoms with E-state index in [0.29, 0.717) is 43.5 Å². The summed E-state index contributed by atoms with van der Waals surface area (Å²) in [6, 6.07) is 3.81. The minimum Gasteiger partial charge on any atom is -0.382 e. The number of nitrogens with one attached hydrogen (secondary N) is 1. The van der Waals surface area contributed by atoms with Crippen LogP contribution >= 0.6 is 11.3 Å². The molecule has 0 radical (unpaired) electrons. The van der Waals surface area contributed by atoms with Gasteiger partial charge in [-0.2, -0.15) is 0 Å². The fraction of sp³-hybridized carbons (Fsp3) is 0.600. The number of hydrogen-bond acceptors (Lipinski definition) is 9. The van der Waals surface area contributed by atoms with Crippen LogP contribution in [0.5, 0.6) is 0 Å². The number of ketones is 1. The van der Waals surface area contributed by atoms with Gasteiger partial charge in [-0.15, -0.1) is 0 Å². The van der Waals surface area contributed by atoms with Crippen molar-refractivity contribution in [3.8, 4) is 0 Å². The molecule has 1 aromatic carbocycles. The number of fused-ring (bicyclic) bond motifs is 1. The van der Waals surface area contributed by atoms with Gasteiger partial charge in [-0.25, -0.2) is 26.5 Å². The molecule has 0 saturated carbocycles. The van der Waals surface area contributed by atoms with Crippen molar-refractivity contribution in [2.75, 3.05) is 62.6 Å². The van der Waals surface area contributed by atoms with Gasteiger partial charge in [-0.3, -0.25) is 9.69 Å². The summed E-state index contributed by atoms with van der Waals surface area (Å²) in [6.45, 7) is 5.93. The Balaban J connectivity index is 1.10. The van der Waals surface area contributed by atoms with Gasteiger partial charge in [-0.05, 0) is 57.3 Å². The monoisotopic (exact) mass is 568 g/mol. The number of aromatic nitrogens is 1. The van der Waals surface area contributed by atoms with Crippen LogP contribution in [0, 0.1) is 11.6 Å². The van der Waals surface area contributed by atoms with E-state index in [1.807, 2.05) is 0 Å². The molecular weight excluding hydrogens is 534 g/mol. The lowest BCUT2D eigenvalue weighted by Gasteiger charge is -2.37. The molecule has 3 saturated heterocycles. The first-order valence-electron chi connectivity index (χ1n) is 13.2. The Kier molecular flexibility index (Phi) is 8.29. The summed E-state index contributed by atoms with van der Waals surface area (Å²) in [5, 5.41) is 3.58. The summed E-state index contributed by atoms with van der Waals surface area (Å²) in [5.41, 5.74) is 5.23. The van der Waals surface area contributed by atoms with Crippen LogP contribution < -0.4 is 11.1 Å². The van der Waals surface area contributed by atoms with E-state index in [4.69, 9.17) is 5.73 Å². The van der Waals surface area contributed by atoms with Crippen molar-refractivity contribution in [2.24, 2.45) is 0 Å². The number of nitrogen functional groups attached to an aromatic ring is 1. The van der Waals surface area contributed by atoms with Crippen molar-refractivity contribution in [1.82, 2.24) is 19.1 Å². The standard InChI is InChI=1S/C25H34F2N6O3S2/c26-19-5-1-6-20(27)21(19)22(34)23-24(28)30-25(37-23)29-17-7-11-33(12-8-17)38(35,36)15-3-9-31-13-14-32-10-2-4-18(32)16-31/h1,5-6,17-18H,2-4,7-16,28H2,(H,29,30). The third kappa shape index (κ3) is 6.01. The highest BCUT2D eigenvalue weighted by Gasteiger charge is 2.32. The lowest BCUT2D eigenvalue weighted by Crippen LogP contribution is -2.50. The SMILES string of the molecule is Nc1nc(NC2CCN(S(=O)(=O)CCCN3CCN4CCCC4C3)CC2)sc1C(=O)c1c(F)cccc1F. The highest BCUT2D eigenvalue weighted by atomic mass is 32.2. The zero-order valence-corrected chi connectivity index (χ0v) is 22.9. The molecule has 0 amide bonds. The number of halogens is 2. The number of benzene rings is 1. The number of carbonyl (C=O) groups excluding carboxylic acids is 1. The second-order valence-electron chi connectivity index (χ2n) is 10.3. The average Bonchev–Trinajstić information content (AvgIpc) is 3.50.